The summed E-state index contributed by atoms with van der Waals surface area (Å²) >= 11 is 0. The highest BCUT2D eigenvalue weighted by Crippen LogP contribution is 2.33. The first-order chi connectivity index (χ1) is 19.2. The number of hydrogen-bond acceptors (Lipinski definition) is 7. The molecule has 0 amide bonds. The fourth-order valence-electron chi connectivity index (χ4n) is 5.10. The van der Waals surface area contributed by atoms with Gasteiger partial charge in [0.15, 0.2) is 11.5 Å². The number of rotatable bonds is 7. The normalized spacial score (nSPS) is 14.0. The van der Waals surface area contributed by atoms with E-state index in [0.29, 0.717) is 51.6 Å². The molecule has 9 nitrogen and oxygen atoms in total. The van der Waals surface area contributed by atoms with Crippen molar-refractivity contribution in [3.05, 3.63) is 73.1 Å². The SMILES string of the molecule is Fc1cc(OCCN2CCCC2)cc(-c2cncc3[nH]c(-c4n[nH]c5ccc(-c6cccnc6)nc45)nc23)c1. The Hall–Kier alpha value is -4.70. The molecule has 5 aromatic heterocycles. The van der Waals surface area contributed by atoms with Gasteiger partial charge in [0.25, 0.3) is 0 Å². The van der Waals surface area contributed by atoms with Gasteiger partial charge in [-0.3, -0.25) is 20.0 Å². The number of aromatic amines is 2. The third-order valence-corrected chi connectivity index (χ3v) is 7.04. The van der Waals surface area contributed by atoms with Crippen molar-refractivity contribution in [3.8, 4) is 39.7 Å². The third-order valence-electron chi connectivity index (χ3n) is 7.04. The molecule has 0 spiro atoms. The standard InChI is InChI=1S/C29H25FN8O/c30-20-12-19(13-21(14-20)39-11-10-38-8-1-2-9-38)22-16-32-17-25-26(22)35-29(34-25)28-27-24(36-37-28)6-5-23(33-27)18-4-3-7-31-15-18/h3-7,12-17H,1-2,8-11H2,(H,34,35)(H,36,37). The number of benzene rings is 1. The summed E-state index contributed by atoms with van der Waals surface area (Å²) in [5.74, 6) is 0.657. The third kappa shape index (κ3) is 4.59. The van der Waals surface area contributed by atoms with E-state index in [1.807, 2.05) is 30.3 Å². The molecule has 0 radical (unpaired) electrons. The van der Waals surface area contributed by atoms with Gasteiger partial charge >= 0.3 is 0 Å². The van der Waals surface area contributed by atoms with Gasteiger partial charge in [0.2, 0.25) is 0 Å². The second-order valence-corrected chi connectivity index (χ2v) is 9.65. The Balaban J connectivity index is 1.23. The predicted octanol–water partition coefficient (Wildman–Crippen LogP) is 5.24. The molecule has 0 atom stereocenters. The molecule has 194 valence electrons. The number of aromatic nitrogens is 7. The van der Waals surface area contributed by atoms with Gasteiger partial charge in [-0.1, -0.05) is 0 Å². The molecule has 1 saturated heterocycles. The molecule has 7 rings (SSSR count). The summed E-state index contributed by atoms with van der Waals surface area (Å²) in [6, 6.07) is 12.4. The van der Waals surface area contributed by atoms with Gasteiger partial charge < -0.3 is 9.72 Å². The zero-order valence-electron chi connectivity index (χ0n) is 21.1. The highest BCUT2D eigenvalue weighted by Gasteiger charge is 2.18. The van der Waals surface area contributed by atoms with E-state index in [1.54, 1.807) is 24.8 Å². The quantitative estimate of drug-likeness (QED) is 0.296. The Kier molecular flexibility index (Phi) is 5.93. The zero-order chi connectivity index (χ0) is 26.2. The van der Waals surface area contributed by atoms with E-state index in [4.69, 9.17) is 14.7 Å². The second kappa shape index (κ2) is 9.88. The fraction of sp³-hybridized carbons (Fsp3) is 0.207. The fourth-order valence-corrected chi connectivity index (χ4v) is 5.10. The number of pyridine rings is 3. The smallest absolute Gasteiger partial charge is 0.161 e. The van der Waals surface area contributed by atoms with Crippen LogP contribution in [0.5, 0.6) is 5.75 Å². The summed E-state index contributed by atoms with van der Waals surface area (Å²) < 4.78 is 20.6. The minimum absolute atomic E-state index is 0.373. The van der Waals surface area contributed by atoms with Crippen LogP contribution in [0.3, 0.4) is 0 Å². The van der Waals surface area contributed by atoms with Gasteiger partial charge in [-0.25, -0.2) is 14.4 Å². The van der Waals surface area contributed by atoms with Crippen LogP contribution in [0.15, 0.2) is 67.3 Å². The van der Waals surface area contributed by atoms with E-state index in [9.17, 15) is 4.39 Å². The van der Waals surface area contributed by atoms with Crippen LogP contribution in [0.4, 0.5) is 4.39 Å². The first kappa shape index (κ1) is 23.4. The lowest BCUT2D eigenvalue weighted by molar-refractivity contribution is 0.237. The summed E-state index contributed by atoms with van der Waals surface area (Å²) in [4.78, 5) is 23.9. The van der Waals surface area contributed by atoms with Gasteiger partial charge in [-0.15, -0.1) is 0 Å². The van der Waals surface area contributed by atoms with E-state index >= 15 is 0 Å². The Morgan fingerprint density at radius 2 is 1.82 bits per heavy atom. The molecule has 0 unspecified atom stereocenters. The van der Waals surface area contributed by atoms with Gasteiger partial charge in [0.05, 0.1) is 28.4 Å². The molecule has 0 saturated carbocycles. The highest BCUT2D eigenvalue weighted by molar-refractivity contribution is 5.95. The lowest BCUT2D eigenvalue weighted by atomic mass is 10.1. The second-order valence-electron chi connectivity index (χ2n) is 9.65. The van der Waals surface area contributed by atoms with Crippen molar-refractivity contribution < 1.29 is 9.13 Å². The summed E-state index contributed by atoms with van der Waals surface area (Å²) in [6.45, 7) is 3.54. The molecule has 6 heterocycles. The number of hydrogen-bond donors (Lipinski definition) is 2. The Morgan fingerprint density at radius 3 is 2.69 bits per heavy atom. The molecule has 6 aromatic rings. The van der Waals surface area contributed by atoms with Crippen LogP contribution in [-0.2, 0) is 0 Å². The molecule has 1 aromatic carbocycles. The largest absolute Gasteiger partial charge is 0.492 e. The minimum atomic E-state index is -0.373. The summed E-state index contributed by atoms with van der Waals surface area (Å²) in [6.07, 6.45) is 9.35. The van der Waals surface area contributed by atoms with Crippen molar-refractivity contribution >= 4 is 22.1 Å². The number of nitrogens with one attached hydrogen (secondary N) is 2. The van der Waals surface area contributed by atoms with Crippen molar-refractivity contribution in [1.29, 1.82) is 0 Å². The highest BCUT2D eigenvalue weighted by atomic mass is 19.1. The molecule has 1 aliphatic heterocycles. The van der Waals surface area contributed by atoms with Crippen molar-refractivity contribution in [2.45, 2.75) is 12.8 Å². The Labute approximate surface area is 223 Å². The van der Waals surface area contributed by atoms with E-state index in [-0.39, 0.29) is 5.82 Å². The van der Waals surface area contributed by atoms with Crippen molar-refractivity contribution in [1.82, 2.24) is 40.0 Å². The van der Waals surface area contributed by atoms with Crippen molar-refractivity contribution in [2.75, 3.05) is 26.2 Å². The van der Waals surface area contributed by atoms with Crippen LogP contribution >= 0.6 is 0 Å². The van der Waals surface area contributed by atoms with E-state index in [1.165, 1.54) is 25.0 Å². The molecular weight excluding hydrogens is 495 g/mol. The number of H-pyrrole nitrogens is 2. The Morgan fingerprint density at radius 1 is 0.897 bits per heavy atom. The molecule has 2 N–H and O–H groups in total. The molecule has 1 aliphatic rings. The lowest BCUT2D eigenvalue weighted by Gasteiger charge is -2.15. The van der Waals surface area contributed by atoms with Gasteiger partial charge in [0.1, 0.15) is 23.7 Å². The maximum atomic E-state index is 14.7. The van der Waals surface area contributed by atoms with Gasteiger partial charge in [-0.05, 0) is 67.9 Å². The average Bonchev–Trinajstić information content (AvgIpc) is 3.72. The lowest BCUT2D eigenvalue weighted by Crippen LogP contribution is -2.25. The topological polar surface area (TPSA) is 108 Å². The predicted molar refractivity (Wildman–Crippen MR) is 147 cm³/mol. The zero-order valence-corrected chi connectivity index (χ0v) is 21.1. The van der Waals surface area contributed by atoms with Crippen molar-refractivity contribution in [3.63, 3.8) is 0 Å². The van der Waals surface area contributed by atoms with E-state index in [0.717, 1.165) is 36.4 Å². The number of imidazole rings is 1. The van der Waals surface area contributed by atoms with Crippen LogP contribution in [0.2, 0.25) is 0 Å². The van der Waals surface area contributed by atoms with Gasteiger partial charge in [-0.2, -0.15) is 5.10 Å². The molecule has 39 heavy (non-hydrogen) atoms. The monoisotopic (exact) mass is 520 g/mol. The van der Waals surface area contributed by atoms with Crippen LogP contribution in [-0.4, -0.2) is 66.3 Å². The maximum Gasteiger partial charge on any atom is 0.161 e. The number of fused-ring (bicyclic) bond motifs is 2. The maximum absolute atomic E-state index is 14.7. The Bertz CT molecular complexity index is 1780. The number of halogens is 1. The molecule has 10 heteroatoms. The van der Waals surface area contributed by atoms with Crippen LogP contribution in [0, 0.1) is 5.82 Å². The minimum Gasteiger partial charge on any atom is -0.492 e. The van der Waals surface area contributed by atoms with Crippen LogP contribution < -0.4 is 4.74 Å². The first-order valence-electron chi connectivity index (χ1n) is 13.0. The molecule has 0 bridgehead atoms. The van der Waals surface area contributed by atoms with Gasteiger partial charge in [0, 0.05) is 42.3 Å². The summed E-state index contributed by atoms with van der Waals surface area (Å²) in [7, 11) is 0. The number of ether oxygens (including phenoxy) is 1. The van der Waals surface area contributed by atoms with E-state index in [2.05, 4.69) is 30.0 Å². The van der Waals surface area contributed by atoms with E-state index < -0.39 is 0 Å². The van der Waals surface area contributed by atoms with Crippen LogP contribution in [0.1, 0.15) is 12.8 Å². The average molecular weight is 521 g/mol. The molecular formula is C29H25FN8O. The summed E-state index contributed by atoms with van der Waals surface area (Å²) in [5.41, 5.74) is 6.47. The van der Waals surface area contributed by atoms with Crippen molar-refractivity contribution in [2.24, 2.45) is 0 Å². The molecule has 0 aliphatic carbocycles. The number of nitrogens with zero attached hydrogens (tertiary/aromatic N) is 6. The summed E-state index contributed by atoms with van der Waals surface area (Å²) in [5, 5.41) is 7.53. The number of likely N-dealkylation sites (tertiary alicyclic amines) is 1. The first-order valence-corrected chi connectivity index (χ1v) is 13.0. The van der Waals surface area contributed by atoms with Crippen LogP contribution in [0.25, 0.3) is 56.0 Å². The molecule has 1 fully saturated rings.